The highest BCUT2D eigenvalue weighted by Crippen LogP contribution is 2.23. The minimum Gasteiger partial charge on any atom is -0.423 e. The summed E-state index contributed by atoms with van der Waals surface area (Å²) in [6, 6.07) is 7.92. The van der Waals surface area contributed by atoms with E-state index in [1.54, 1.807) is 6.07 Å². The van der Waals surface area contributed by atoms with Crippen molar-refractivity contribution in [1.82, 2.24) is 4.90 Å². The Labute approximate surface area is 96.9 Å². The minimum absolute atomic E-state index is 0.362. The van der Waals surface area contributed by atoms with Crippen LogP contribution in [0.4, 0.5) is 0 Å². The lowest BCUT2D eigenvalue weighted by Gasteiger charge is -2.24. The maximum absolute atomic E-state index is 9.14. The van der Waals surface area contributed by atoms with Gasteiger partial charge in [0.2, 0.25) is 0 Å². The lowest BCUT2D eigenvalue weighted by molar-refractivity contribution is 0.263. The lowest BCUT2D eigenvalue weighted by atomic mass is 9.79. The van der Waals surface area contributed by atoms with E-state index in [0.29, 0.717) is 11.5 Å². The number of nitrogens with zero attached hydrogens (tertiary/aromatic N) is 1. The summed E-state index contributed by atoms with van der Waals surface area (Å²) in [6.07, 6.45) is 2.54. The molecule has 1 atom stereocenters. The average molecular weight is 219 g/mol. The molecule has 1 aliphatic heterocycles. The standard InChI is InChI=1S/C12H18BNO2/c1-10(14-7-2-3-8-14)11-5-4-6-12(9-11)13(15)16/h4-6,9-10,15-16H,2-3,7-8H2,1H3/t10-/m0/s1. The van der Waals surface area contributed by atoms with Gasteiger partial charge >= 0.3 is 7.12 Å². The van der Waals surface area contributed by atoms with E-state index >= 15 is 0 Å². The molecule has 1 heterocycles. The average Bonchev–Trinajstić information content (AvgIpc) is 2.81. The van der Waals surface area contributed by atoms with E-state index in [4.69, 9.17) is 10.0 Å². The molecule has 0 radical (unpaired) electrons. The number of hydrogen-bond donors (Lipinski definition) is 2. The molecule has 1 fully saturated rings. The monoisotopic (exact) mass is 219 g/mol. The van der Waals surface area contributed by atoms with Gasteiger partial charge in [-0.3, -0.25) is 4.90 Å². The molecular formula is C12H18BNO2. The maximum atomic E-state index is 9.14. The molecule has 86 valence electrons. The van der Waals surface area contributed by atoms with E-state index in [-0.39, 0.29) is 0 Å². The molecule has 2 N–H and O–H groups in total. The van der Waals surface area contributed by atoms with Crippen LogP contribution in [-0.4, -0.2) is 35.2 Å². The van der Waals surface area contributed by atoms with Crippen molar-refractivity contribution in [2.24, 2.45) is 0 Å². The van der Waals surface area contributed by atoms with Crippen molar-refractivity contribution < 1.29 is 10.0 Å². The second-order valence-electron chi connectivity index (χ2n) is 4.46. The van der Waals surface area contributed by atoms with Gasteiger partial charge in [0.25, 0.3) is 0 Å². The van der Waals surface area contributed by atoms with Crippen molar-refractivity contribution in [2.75, 3.05) is 13.1 Å². The molecule has 16 heavy (non-hydrogen) atoms. The fourth-order valence-corrected chi connectivity index (χ4v) is 2.32. The summed E-state index contributed by atoms with van der Waals surface area (Å²) in [7, 11) is -1.37. The van der Waals surface area contributed by atoms with Crippen molar-refractivity contribution in [3.8, 4) is 0 Å². The summed E-state index contributed by atoms with van der Waals surface area (Å²) in [6.45, 7) is 4.47. The Hall–Kier alpha value is -0.835. The molecule has 0 spiro atoms. The molecule has 0 aromatic heterocycles. The van der Waals surface area contributed by atoms with Gasteiger partial charge in [-0.2, -0.15) is 0 Å². The van der Waals surface area contributed by atoms with Crippen LogP contribution in [0.2, 0.25) is 0 Å². The minimum atomic E-state index is -1.37. The molecule has 1 saturated heterocycles. The van der Waals surface area contributed by atoms with Crippen LogP contribution in [0.25, 0.3) is 0 Å². The number of rotatable bonds is 3. The van der Waals surface area contributed by atoms with Gasteiger partial charge in [-0.05, 0) is 43.9 Å². The zero-order chi connectivity index (χ0) is 11.5. The van der Waals surface area contributed by atoms with Crippen LogP contribution in [-0.2, 0) is 0 Å². The highest BCUT2D eigenvalue weighted by molar-refractivity contribution is 6.58. The molecule has 0 saturated carbocycles. The van der Waals surface area contributed by atoms with Gasteiger partial charge < -0.3 is 10.0 Å². The zero-order valence-electron chi connectivity index (χ0n) is 9.63. The Kier molecular flexibility index (Phi) is 3.64. The summed E-state index contributed by atoms with van der Waals surface area (Å²) >= 11 is 0. The SMILES string of the molecule is C[C@@H](c1cccc(B(O)O)c1)N1CCCC1. The van der Waals surface area contributed by atoms with Crippen molar-refractivity contribution in [2.45, 2.75) is 25.8 Å². The number of benzene rings is 1. The van der Waals surface area contributed by atoms with E-state index in [1.807, 2.05) is 12.1 Å². The van der Waals surface area contributed by atoms with Crippen LogP contribution < -0.4 is 5.46 Å². The molecule has 0 bridgehead atoms. The van der Waals surface area contributed by atoms with Crippen LogP contribution in [0.1, 0.15) is 31.4 Å². The third-order valence-corrected chi connectivity index (χ3v) is 3.38. The van der Waals surface area contributed by atoms with E-state index in [9.17, 15) is 0 Å². The third-order valence-electron chi connectivity index (χ3n) is 3.38. The van der Waals surface area contributed by atoms with Crippen molar-refractivity contribution in [3.63, 3.8) is 0 Å². The molecular weight excluding hydrogens is 201 g/mol. The van der Waals surface area contributed by atoms with Gasteiger partial charge in [0.05, 0.1) is 0 Å². The maximum Gasteiger partial charge on any atom is 0.488 e. The highest BCUT2D eigenvalue weighted by atomic mass is 16.4. The summed E-state index contributed by atoms with van der Waals surface area (Å²) in [5, 5.41) is 18.3. The first kappa shape index (κ1) is 11.6. The van der Waals surface area contributed by atoms with E-state index < -0.39 is 7.12 Å². The molecule has 2 rings (SSSR count). The Morgan fingerprint density at radius 2 is 1.94 bits per heavy atom. The Balaban J connectivity index is 2.15. The van der Waals surface area contributed by atoms with Gasteiger partial charge in [0, 0.05) is 6.04 Å². The number of likely N-dealkylation sites (tertiary alicyclic amines) is 1. The first-order valence-electron chi connectivity index (χ1n) is 5.88. The predicted octanol–water partition coefficient (Wildman–Crippen LogP) is 0.523. The van der Waals surface area contributed by atoms with Gasteiger partial charge in [-0.15, -0.1) is 0 Å². The smallest absolute Gasteiger partial charge is 0.423 e. The van der Waals surface area contributed by atoms with Gasteiger partial charge in [0.15, 0.2) is 0 Å². The van der Waals surface area contributed by atoms with Gasteiger partial charge in [0.1, 0.15) is 0 Å². The van der Waals surface area contributed by atoms with Crippen molar-refractivity contribution >= 4 is 12.6 Å². The van der Waals surface area contributed by atoms with Crippen LogP contribution in [0.3, 0.4) is 0 Å². The molecule has 1 aromatic rings. The van der Waals surface area contributed by atoms with E-state index in [2.05, 4.69) is 17.9 Å². The van der Waals surface area contributed by atoms with Crippen LogP contribution in [0.15, 0.2) is 24.3 Å². The Morgan fingerprint density at radius 1 is 1.25 bits per heavy atom. The molecule has 0 amide bonds. The molecule has 1 aliphatic rings. The highest BCUT2D eigenvalue weighted by Gasteiger charge is 2.20. The Bertz CT molecular complexity index is 351. The quantitative estimate of drug-likeness (QED) is 0.728. The second kappa shape index (κ2) is 5.00. The zero-order valence-corrected chi connectivity index (χ0v) is 9.63. The topological polar surface area (TPSA) is 43.7 Å². The third kappa shape index (κ3) is 2.46. The van der Waals surface area contributed by atoms with E-state index in [0.717, 1.165) is 18.7 Å². The molecule has 1 aromatic carbocycles. The molecule has 0 aliphatic carbocycles. The first-order valence-corrected chi connectivity index (χ1v) is 5.88. The predicted molar refractivity (Wildman–Crippen MR) is 65.5 cm³/mol. The lowest BCUT2D eigenvalue weighted by Crippen LogP contribution is -2.31. The fourth-order valence-electron chi connectivity index (χ4n) is 2.32. The largest absolute Gasteiger partial charge is 0.488 e. The van der Waals surface area contributed by atoms with Crippen LogP contribution >= 0.6 is 0 Å². The second-order valence-corrected chi connectivity index (χ2v) is 4.46. The Morgan fingerprint density at radius 3 is 2.56 bits per heavy atom. The van der Waals surface area contributed by atoms with Crippen LogP contribution in [0.5, 0.6) is 0 Å². The first-order chi connectivity index (χ1) is 7.68. The van der Waals surface area contributed by atoms with Crippen molar-refractivity contribution in [1.29, 1.82) is 0 Å². The van der Waals surface area contributed by atoms with Gasteiger partial charge in [-0.25, -0.2) is 0 Å². The normalized spacial score (nSPS) is 18.7. The van der Waals surface area contributed by atoms with E-state index in [1.165, 1.54) is 12.8 Å². The van der Waals surface area contributed by atoms with Crippen LogP contribution in [0, 0.1) is 0 Å². The summed E-state index contributed by atoms with van der Waals surface area (Å²) in [5.74, 6) is 0. The summed E-state index contributed by atoms with van der Waals surface area (Å²) < 4.78 is 0. The molecule has 4 heteroatoms. The fraction of sp³-hybridized carbons (Fsp3) is 0.500. The molecule has 3 nitrogen and oxygen atoms in total. The molecule has 0 unspecified atom stereocenters. The summed E-state index contributed by atoms with van der Waals surface area (Å²) in [5.41, 5.74) is 1.73. The summed E-state index contributed by atoms with van der Waals surface area (Å²) in [4.78, 5) is 2.43. The van der Waals surface area contributed by atoms with Gasteiger partial charge in [-0.1, -0.05) is 24.3 Å². The number of hydrogen-bond acceptors (Lipinski definition) is 3. The van der Waals surface area contributed by atoms with Crippen molar-refractivity contribution in [3.05, 3.63) is 29.8 Å².